The molecule has 5 heteroatoms. The van der Waals surface area contributed by atoms with Gasteiger partial charge in [-0.2, -0.15) is 0 Å². The molecule has 0 aliphatic heterocycles. The highest BCUT2D eigenvalue weighted by Crippen LogP contribution is 2.37. The Morgan fingerprint density at radius 2 is 2.05 bits per heavy atom. The Hall–Kier alpha value is -1.88. The molecule has 1 fully saturated rings. The fourth-order valence-electron chi connectivity index (χ4n) is 2.69. The van der Waals surface area contributed by atoms with Crippen LogP contribution in [0.5, 0.6) is 0 Å². The van der Waals surface area contributed by atoms with E-state index in [0.717, 1.165) is 23.3 Å². The van der Waals surface area contributed by atoms with Crippen molar-refractivity contribution in [2.24, 2.45) is 5.92 Å². The van der Waals surface area contributed by atoms with E-state index in [-0.39, 0.29) is 17.9 Å². The summed E-state index contributed by atoms with van der Waals surface area (Å²) in [6.45, 7) is 0.532. The van der Waals surface area contributed by atoms with Crippen molar-refractivity contribution in [2.75, 3.05) is 0 Å². The maximum absolute atomic E-state index is 13.1. The van der Waals surface area contributed by atoms with E-state index in [1.54, 1.807) is 23.5 Å². The zero-order valence-corrected chi connectivity index (χ0v) is 13.0. The van der Waals surface area contributed by atoms with E-state index in [2.05, 4.69) is 10.6 Å². The first-order chi connectivity index (χ1) is 10.7. The number of amides is 2. The number of rotatable bonds is 5. The van der Waals surface area contributed by atoms with E-state index in [1.165, 1.54) is 18.6 Å². The molecule has 116 valence electrons. The van der Waals surface area contributed by atoms with Crippen LogP contribution in [-0.2, 0) is 6.54 Å². The Labute approximate surface area is 133 Å². The minimum atomic E-state index is -0.252. The molecule has 1 aromatic carbocycles. The molecule has 2 amide bonds. The lowest BCUT2D eigenvalue weighted by molar-refractivity contribution is 0.207. The normalized spacial score (nSPS) is 15.9. The summed E-state index contributed by atoms with van der Waals surface area (Å²) < 4.78 is 13.1. The molecule has 22 heavy (non-hydrogen) atoms. The van der Waals surface area contributed by atoms with Gasteiger partial charge in [0.15, 0.2) is 0 Å². The van der Waals surface area contributed by atoms with Crippen LogP contribution >= 0.6 is 11.3 Å². The standard InChI is InChI=1S/C17H19FN2OS/c18-14-8-6-13(7-9-14)16(12-3-1-4-12)20-17(21)19-11-15-5-2-10-22-15/h2,5-10,12,16H,1,3-4,11H2,(H2,19,20,21). The molecule has 3 nitrogen and oxygen atoms in total. The average Bonchev–Trinajstić information content (AvgIpc) is 2.97. The predicted molar refractivity (Wildman–Crippen MR) is 86.2 cm³/mol. The summed E-state index contributed by atoms with van der Waals surface area (Å²) >= 11 is 1.62. The Morgan fingerprint density at radius 3 is 2.64 bits per heavy atom. The molecule has 1 aromatic heterocycles. The fraction of sp³-hybridized carbons (Fsp3) is 0.353. The van der Waals surface area contributed by atoms with Crippen molar-refractivity contribution in [3.8, 4) is 0 Å². The molecule has 1 atom stereocenters. The lowest BCUT2D eigenvalue weighted by Crippen LogP contribution is -2.41. The third-order valence-corrected chi connectivity index (χ3v) is 5.02. The van der Waals surface area contributed by atoms with Gasteiger partial charge in [-0.15, -0.1) is 11.3 Å². The van der Waals surface area contributed by atoms with Gasteiger partial charge in [0, 0.05) is 4.88 Å². The third kappa shape index (κ3) is 3.65. The largest absolute Gasteiger partial charge is 0.333 e. The third-order valence-electron chi connectivity index (χ3n) is 4.14. The summed E-state index contributed by atoms with van der Waals surface area (Å²) in [4.78, 5) is 13.3. The number of hydrogen-bond acceptors (Lipinski definition) is 2. The SMILES string of the molecule is O=C(NCc1cccs1)NC(c1ccc(F)cc1)C1CCC1. The molecule has 1 aliphatic rings. The van der Waals surface area contributed by atoms with Crippen LogP contribution in [0, 0.1) is 11.7 Å². The van der Waals surface area contributed by atoms with E-state index < -0.39 is 0 Å². The molecule has 2 N–H and O–H groups in total. The quantitative estimate of drug-likeness (QED) is 0.851. The number of benzene rings is 1. The number of thiophene rings is 1. The molecule has 2 aromatic rings. The minimum absolute atomic E-state index is 0.0438. The number of hydrogen-bond donors (Lipinski definition) is 2. The predicted octanol–water partition coefficient (Wildman–Crippen LogP) is 4.23. The van der Waals surface area contributed by atoms with Gasteiger partial charge >= 0.3 is 6.03 Å². The summed E-state index contributed by atoms with van der Waals surface area (Å²) in [5.74, 6) is 0.191. The highest BCUT2D eigenvalue weighted by molar-refractivity contribution is 7.09. The van der Waals surface area contributed by atoms with Crippen LogP contribution in [0.3, 0.4) is 0 Å². The number of halogens is 1. The van der Waals surface area contributed by atoms with Crippen LogP contribution in [0.25, 0.3) is 0 Å². The smallest absolute Gasteiger partial charge is 0.315 e. The molecule has 3 rings (SSSR count). The highest BCUT2D eigenvalue weighted by Gasteiger charge is 2.29. The first-order valence-electron chi connectivity index (χ1n) is 7.54. The Bertz CT molecular complexity index is 608. The van der Waals surface area contributed by atoms with Crippen LogP contribution in [0.1, 0.15) is 35.7 Å². The van der Waals surface area contributed by atoms with Crippen molar-refractivity contribution in [2.45, 2.75) is 31.8 Å². The first-order valence-corrected chi connectivity index (χ1v) is 8.42. The first kappa shape index (κ1) is 15.0. The molecular weight excluding hydrogens is 299 g/mol. The van der Waals surface area contributed by atoms with Crippen LogP contribution in [0.15, 0.2) is 41.8 Å². The Kier molecular flexibility index (Phi) is 4.73. The lowest BCUT2D eigenvalue weighted by Gasteiger charge is -2.34. The topological polar surface area (TPSA) is 41.1 Å². The Balaban J connectivity index is 1.62. The Morgan fingerprint density at radius 1 is 1.27 bits per heavy atom. The van der Waals surface area contributed by atoms with E-state index in [0.29, 0.717) is 12.5 Å². The summed E-state index contributed by atoms with van der Waals surface area (Å²) in [7, 11) is 0. The van der Waals surface area contributed by atoms with Crippen molar-refractivity contribution in [3.05, 3.63) is 58.0 Å². The summed E-state index contributed by atoms with van der Waals surface area (Å²) in [6.07, 6.45) is 3.40. The van der Waals surface area contributed by atoms with Gasteiger partial charge in [-0.05, 0) is 47.9 Å². The molecule has 0 saturated heterocycles. The molecule has 1 aliphatic carbocycles. The molecule has 1 unspecified atom stereocenters. The fourth-order valence-corrected chi connectivity index (χ4v) is 3.33. The summed E-state index contributed by atoms with van der Waals surface area (Å²) in [6, 6.07) is 10.2. The van der Waals surface area contributed by atoms with Gasteiger partial charge in [-0.1, -0.05) is 24.6 Å². The highest BCUT2D eigenvalue weighted by atomic mass is 32.1. The van der Waals surface area contributed by atoms with Gasteiger partial charge in [0.2, 0.25) is 0 Å². The second kappa shape index (κ2) is 6.92. The van der Waals surface area contributed by atoms with E-state index in [1.807, 2.05) is 17.5 Å². The molecule has 0 radical (unpaired) electrons. The van der Waals surface area contributed by atoms with Gasteiger partial charge in [-0.3, -0.25) is 0 Å². The van der Waals surface area contributed by atoms with Crippen molar-refractivity contribution in [1.29, 1.82) is 0 Å². The lowest BCUT2D eigenvalue weighted by atomic mass is 9.77. The molecule has 0 spiro atoms. The van der Waals surface area contributed by atoms with Crippen molar-refractivity contribution in [1.82, 2.24) is 10.6 Å². The van der Waals surface area contributed by atoms with Crippen molar-refractivity contribution >= 4 is 17.4 Å². The number of urea groups is 1. The van der Waals surface area contributed by atoms with Crippen LogP contribution in [0.4, 0.5) is 9.18 Å². The maximum atomic E-state index is 13.1. The molecule has 1 heterocycles. The van der Waals surface area contributed by atoms with Crippen LogP contribution < -0.4 is 10.6 Å². The van der Waals surface area contributed by atoms with Crippen LogP contribution in [0.2, 0.25) is 0 Å². The zero-order chi connectivity index (χ0) is 15.4. The average molecular weight is 318 g/mol. The van der Waals surface area contributed by atoms with Gasteiger partial charge in [0.25, 0.3) is 0 Å². The van der Waals surface area contributed by atoms with Gasteiger partial charge in [-0.25, -0.2) is 9.18 Å². The number of carbonyl (C=O) groups excluding carboxylic acids is 1. The van der Waals surface area contributed by atoms with Crippen LogP contribution in [-0.4, -0.2) is 6.03 Å². The van der Waals surface area contributed by atoms with E-state index in [4.69, 9.17) is 0 Å². The molecule has 1 saturated carbocycles. The van der Waals surface area contributed by atoms with Gasteiger partial charge in [0.1, 0.15) is 5.82 Å². The van der Waals surface area contributed by atoms with E-state index in [9.17, 15) is 9.18 Å². The summed E-state index contributed by atoms with van der Waals surface area (Å²) in [5.41, 5.74) is 0.970. The second-order valence-electron chi connectivity index (χ2n) is 5.63. The molecule has 0 bridgehead atoms. The maximum Gasteiger partial charge on any atom is 0.315 e. The minimum Gasteiger partial charge on any atom is -0.333 e. The van der Waals surface area contributed by atoms with E-state index >= 15 is 0 Å². The van der Waals surface area contributed by atoms with Gasteiger partial charge < -0.3 is 10.6 Å². The zero-order valence-electron chi connectivity index (χ0n) is 12.2. The number of nitrogens with one attached hydrogen (secondary N) is 2. The van der Waals surface area contributed by atoms with Crippen molar-refractivity contribution in [3.63, 3.8) is 0 Å². The number of carbonyl (C=O) groups is 1. The summed E-state index contributed by atoms with van der Waals surface area (Å²) in [5, 5.41) is 7.93. The van der Waals surface area contributed by atoms with Gasteiger partial charge in [0.05, 0.1) is 12.6 Å². The molecular formula is C17H19FN2OS. The monoisotopic (exact) mass is 318 g/mol. The second-order valence-corrected chi connectivity index (χ2v) is 6.66. The van der Waals surface area contributed by atoms with Crippen molar-refractivity contribution < 1.29 is 9.18 Å².